The van der Waals surface area contributed by atoms with Crippen LogP contribution in [0.4, 0.5) is 10.8 Å². The molecule has 0 fully saturated rings. The standard InChI is InChI=1S/C20H21N3O3S2/c1-13-5-3-4-6-18(13)21-19-22-23-20(28-19)27-12-16(25)11-26-17-9-7-15(8-10-17)14(2)24/h3-10,16,25H,11-12H2,1-2H3,(H,21,22)/t16-/m1/s1. The highest BCUT2D eigenvalue weighted by molar-refractivity contribution is 8.01. The van der Waals surface area contributed by atoms with Crippen LogP contribution < -0.4 is 10.1 Å². The number of aryl methyl sites for hydroxylation is 1. The minimum absolute atomic E-state index is 0.0105. The van der Waals surface area contributed by atoms with Gasteiger partial charge in [-0.1, -0.05) is 41.3 Å². The lowest BCUT2D eigenvalue weighted by Crippen LogP contribution is -2.20. The van der Waals surface area contributed by atoms with Crippen LogP contribution >= 0.6 is 23.1 Å². The largest absolute Gasteiger partial charge is 0.491 e. The molecule has 0 saturated carbocycles. The molecule has 3 rings (SSSR count). The van der Waals surface area contributed by atoms with Crippen molar-refractivity contribution >= 4 is 39.7 Å². The van der Waals surface area contributed by atoms with E-state index < -0.39 is 6.10 Å². The predicted octanol–water partition coefficient (Wildman–Crippen LogP) is 4.32. The second kappa shape index (κ2) is 9.68. The zero-order valence-electron chi connectivity index (χ0n) is 15.6. The Bertz CT molecular complexity index is 928. The number of nitrogens with one attached hydrogen (secondary N) is 1. The van der Waals surface area contributed by atoms with E-state index in [1.165, 1.54) is 30.0 Å². The summed E-state index contributed by atoms with van der Waals surface area (Å²) in [5.41, 5.74) is 2.77. The Morgan fingerprint density at radius 1 is 1.21 bits per heavy atom. The van der Waals surface area contributed by atoms with E-state index in [0.717, 1.165) is 15.6 Å². The van der Waals surface area contributed by atoms with E-state index in [0.29, 0.717) is 22.2 Å². The Kier molecular flexibility index (Phi) is 7.02. The fourth-order valence-electron chi connectivity index (χ4n) is 2.34. The number of para-hydroxylation sites is 1. The highest BCUT2D eigenvalue weighted by Gasteiger charge is 2.11. The molecule has 0 unspecified atom stereocenters. The number of aliphatic hydroxyl groups excluding tert-OH is 1. The van der Waals surface area contributed by atoms with E-state index in [1.54, 1.807) is 24.3 Å². The van der Waals surface area contributed by atoms with Crippen LogP contribution in [-0.4, -0.2) is 39.6 Å². The first kappa shape index (κ1) is 20.3. The molecule has 0 saturated heterocycles. The molecule has 0 aliphatic rings. The van der Waals surface area contributed by atoms with Gasteiger partial charge >= 0.3 is 0 Å². The SMILES string of the molecule is CC(=O)c1ccc(OC[C@@H](O)CSc2nnc(Nc3ccccc3C)s2)cc1. The number of ether oxygens (including phenoxy) is 1. The number of aromatic nitrogens is 2. The third-order valence-electron chi connectivity index (χ3n) is 3.90. The highest BCUT2D eigenvalue weighted by Crippen LogP contribution is 2.29. The van der Waals surface area contributed by atoms with Crippen molar-refractivity contribution in [2.75, 3.05) is 17.7 Å². The molecule has 2 aromatic carbocycles. The Labute approximate surface area is 172 Å². The maximum Gasteiger partial charge on any atom is 0.210 e. The molecular weight excluding hydrogens is 394 g/mol. The van der Waals surface area contributed by atoms with Crippen LogP contribution in [0.25, 0.3) is 0 Å². The number of aliphatic hydroxyl groups is 1. The van der Waals surface area contributed by atoms with Gasteiger partial charge < -0.3 is 15.2 Å². The number of ketones is 1. The lowest BCUT2D eigenvalue weighted by molar-refractivity contribution is 0.101. The Hall–Kier alpha value is -2.42. The zero-order valence-corrected chi connectivity index (χ0v) is 17.2. The van der Waals surface area contributed by atoms with Crippen LogP contribution in [0.2, 0.25) is 0 Å². The average Bonchev–Trinajstić information content (AvgIpc) is 3.14. The van der Waals surface area contributed by atoms with Gasteiger partial charge in [0.25, 0.3) is 0 Å². The molecule has 1 atom stereocenters. The number of rotatable bonds is 9. The maximum atomic E-state index is 11.3. The summed E-state index contributed by atoms with van der Waals surface area (Å²) in [5, 5.41) is 22.4. The van der Waals surface area contributed by atoms with Gasteiger partial charge in [0, 0.05) is 17.0 Å². The fraction of sp³-hybridized carbons (Fsp3) is 0.250. The van der Waals surface area contributed by atoms with E-state index in [2.05, 4.69) is 15.5 Å². The van der Waals surface area contributed by atoms with E-state index >= 15 is 0 Å². The third-order valence-corrected chi connectivity index (χ3v) is 6.01. The first-order valence-electron chi connectivity index (χ1n) is 8.72. The van der Waals surface area contributed by atoms with Gasteiger partial charge in [-0.3, -0.25) is 4.79 Å². The fourth-order valence-corrected chi connectivity index (χ4v) is 4.04. The first-order valence-corrected chi connectivity index (χ1v) is 10.5. The number of Topliss-reactive ketones (excluding diaryl/α,β-unsaturated/α-hetero) is 1. The number of nitrogens with zero attached hydrogens (tertiary/aromatic N) is 2. The molecule has 0 bridgehead atoms. The van der Waals surface area contributed by atoms with Crippen LogP contribution in [-0.2, 0) is 0 Å². The summed E-state index contributed by atoms with van der Waals surface area (Å²) in [7, 11) is 0. The van der Waals surface area contributed by atoms with E-state index in [-0.39, 0.29) is 12.4 Å². The van der Waals surface area contributed by atoms with Crippen LogP contribution in [0, 0.1) is 6.92 Å². The van der Waals surface area contributed by atoms with Gasteiger partial charge in [0.2, 0.25) is 5.13 Å². The van der Waals surface area contributed by atoms with Crippen molar-refractivity contribution in [3.63, 3.8) is 0 Å². The lowest BCUT2D eigenvalue weighted by Gasteiger charge is -2.11. The van der Waals surface area contributed by atoms with Crippen molar-refractivity contribution in [3.05, 3.63) is 59.7 Å². The van der Waals surface area contributed by atoms with Gasteiger partial charge in [-0.15, -0.1) is 10.2 Å². The maximum absolute atomic E-state index is 11.3. The van der Waals surface area contributed by atoms with Crippen LogP contribution in [0.1, 0.15) is 22.8 Å². The molecule has 0 spiro atoms. The van der Waals surface area contributed by atoms with Gasteiger partial charge in [-0.05, 0) is 49.7 Å². The second-order valence-corrected chi connectivity index (χ2v) is 8.41. The first-order chi connectivity index (χ1) is 13.5. The van der Waals surface area contributed by atoms with Crippen molar-refractivity contribution in [2.24, 2.45) is 0 Å². The number of hydrogen-bond donors (Lipinski definition) is 2. The molecule has 0 radical (unpaired) electrons. The number of carbonyl (C=O) groups excluding carboxylic acids is 1. The molecule has 0 amide bonds. The zero-order chi connectivity index (χ0) is 19.9. The Morgan fingerprint density at radius 2 is 1.96 bits per heavy atom. The molecule has 146 valence electrons. The van der Waals surface area contributed by atoms with Crippen LogP contribution in [0.3, 0.4) is 0 Å². The summed E-state index contributed by atoms with van der Waals surface area (Å²) in [5.74, 6) is 1.08. The minimum Gasteiger partial charge on any atom is -0.491 e. The van der Waals surface area contributed by atoms with Crippen LogP contribution in [0.15, 0.2) is 52.9 Å². The van der Waals surface area contributed by atoms with Crippen molar-refractivity contribution < 1.29 is 14.6 Å². The molecule has 2 N–H and O–H groups in total. The second-order valence-electron chi connectivity index (χ2n) is 6.17. The van der Waals surface area contributed by atoms with Gasteiger partial charge in [0.05, 0.1) is 6.10 Å². The van der Waals surface area contributed by atoms with Gasteiger partial charge in [-0.25, -0.2) is 0 Å². The highest BCUT2D eigenvalue weighted by atomic mass is 32.2. The lowest BCUT2D eigenvalue weighted by atomic mass is 10.1. The monoisotopic (exact) mass is 415 g/mol. The van der Waals surface area contributed by atoms with E-state index in [9.17, 15) is 9.90 Å². The van der Waals surface area contributed by atoms with Gasteiger partial charge in [0.15, 0.2) is 10.1 Å². The molecule has 1 aromatic heterocycles. The number of anilines is 2. The van der Waals surface area contributed by atoms with Crippen LogP contribution in [0.5, 0.6) is 5.75 Å². The summed E-state index contributed by atoms with van der Waals surface area (Å²) in [6.45, 7) is 3.72. The van der Waals surface area contributed by atoms with E-state index in [4.69, 9.17) is 4.74 Å². The number of carbonyl (C=O) groups is 1. The van der Waals surface area contributed by atoms with Crippen molar-refractivity contribution in [1.82, 2.24) is 10.2 Å². The van der Waals surface area contributed by atoms with Gasteiger partial charge in [-0.2, -0.15) is 0 Å². The topological polar surface area (TPSA) is 84.3 Å². The third kappa shape index (κ3) is 5.79. The molecule has 28 heavy (non-hydrogen) atoms. The molecule has 3 aromatic rings. The quantitative estimate of drug-likeness (QED) is 0.398. The molecule has 6 nitrogen and oxygen atoms in total. The molecule has 0 aliphatic heterocycles. The molecule has 1 heterocycles. The summed E-state index contributed by atoms with van der Waals surface area (Å²) < 4.78 is 6.35. The van der Waals surface area contributed by atoms with Crippen molar-refractivity contribution in [2.45, 2.75) is 24.3 Å². The summed E-state index contributed by atoms with van der Waals surface area (Å²) in [4.78, 5) is 11.3. The summed E-state index contributed by atoms with van der Waals surface area (Å²) in [6.07, 6.45) is -0.644. The number of benzene rings is 2. The number of thioether (sulfide) groups is 1. The smallest absolute Gasteiger partial charge is 0.210 e. The normalized spacial score (nSPS) is 11.8. The number of hydrogen-bond acceptors (Lipinski definition) is 8. The van der Waals surface area contributed by atoms with Crippen molar-refractivity contribution in [3.8, 4) is 5.75 Å². The summed E-state index contributed by atoms with van der Waals surface area (Å²) in [6, 6.07) is 14.9. The molecule has 8 heteroatoms. The average molecular weight is 416 g/mol. The summed E-state index contributed by atoms with van der Waals surface area (Å²) >= 11 is 2.88. The Morgan fingerprint density at radius 3 is 2.68 bits per heavy atom. The predicted molar refractivity (Wildman–Crippen MR) is 113 cm³/mol. The van der Waals surface area contributed by atoms with Gasteiger partial charge in [0.1, 0.15) is 12.4 Å². The van der Waals surface area contributed by atoms with Crippen molar-refractivity contribution in [1.29, 1.82) is 0 Å². The Balaban J connectivity index is 1.44. The van der Waals surface area contributed by atoms with E-state index in [1.807, 2.05) is 31.2 Å². The molecule has 0 aliphatic carbocycles. The molecular formula is C20H21N3O3S2. The minimum atomic E-state index is -0.644.